The minimum atomic E-state index is -1.00. The largest absolute Gasteiger partial charge is 0.493 e. The number of aromatic carboxylic acids is 1. The van der Waals surface area contributed by atoms with Crippen LogP contribution < -0.4 is 19.7 Å². The zero-order valence-corrected chi connectivity index (χ0v) is 24.1. The molecule has 12 heteroatoms. The van der Waals surface area contributed by atoms with Gasteiger partial charge in [-0.15, -0.1) is 0 Å². The van der Waals surface area contributed by atoms with Gasteiger partial charge in [0, 0.05) is 24.5 Å². The number of ether oxygens (including phenoxy) is 3. The van der Waals surface area contributed by atoms with Crippen molar-refractivity contribution in [1.82, 2.24) is 4.90 Å². The van der Waals surface area contributed by atoms with Crippen molar-refractivity contribution in [3.05, 3.63) is 88.3 Å². The van der Waals surface area contributed by atoms with E-state index in [1.54, 1.807) is 48.5 Å². The number of benzene rings is 3. The Hall–Kier alpha value is -4.81. The SMILES string of the molecule is COc1cc(/C=C2\SC(=O)N(CC(=O)Nc3ccc(N4CCOCC4)cc3)C2=O)ccc1OCc1ccc(C(=O)O)cc1. The zero-order valence-electron chi connectivity index (χ0n) is 23.3. The number of nitrogens with zero attached hydrogens (tertiary/aromatic N) is 2. The number of nitrogens with one attached hydrogen (secondary N) is 1. The van der Waals surface area contributed by atoms with Gasteiger partial charge in [0.1, 0.15) is 13.2 Å². The summed E-state index contributed by atoms with van der Waals surface area (Å²) in [5, 5.41) is 11.3. The first-order valence-electron chi connectivity index (χ1n) is 13.4. The van der Waals surface area contributed by atoms with Crippen LogP contribution in [0.4, 0.5) is 16.2 Å². The summed E-state index contributed by atoms with van der Waals surface area (Å²) in [6, 6.07) is 18.8. The molecular formula is C31H29N3O8S. The minimum Gasteiger partial charge on any atom is -0.493 e. The van der Waals surface area contributed by atoms with Gasteiger partial charge in [-0.25, -0.2) is 4.79 Å². The Morgan fingerprint density at radius 1 is 1.00 bits per heavy atom. The van der Waals surface area contributed by atoms with Gasteiger partial charge in [-0.2, -0.15) is 0 Å². The summed E-state index contributed by atoms with van der Waals surface area (Å²) in [5.74, 6) is -1.18. The molecule has 0 spiro atoms. The second-order valence-electron chi connectivity index (χ2n) is 9.66. The smallest absolute Gasteiger partial charge is 0.335 e. The number of methoxy groups -OCH3 is 1. The highest BCUT2D eigenvalue weighted by molar-refractivity contribution is 8.18. The number of anilines is 2. The van der Waals surface area contributed by atoms with Crippen LogP contribution in [-0.2, 0) is 20.9 Å². The Balaban J connectivity index is 1.18. The van der Waals surface area contributed by atoms with E-state index in [1.165, 1.54) is 19.2 Å². The van der Waals surface area contributed by atoms with E-state index >= 15 is 0 Å². The Morgan fingerprint density at radius 2 is 1.72 bits per heavy atom. The number of carbonyl (C=O) groups excluding carboxylic acids is 3. The molecule has 0 atom stereocenters. The normalized spacial score (nSPS) is 16.0. The molecule has 2 N–H and O–H groups in total. The van der Waals surface area contributed by atoms with Gasteiger partial charge >= 0.3 is 5.97 Å². The van der Waals surface area contributed by atoms with Crippen LogP contribution in [0.3, 0.4) is 0 Å². The topological polar surface area (TPSA) is 135 Å². The monoisotopic (exact) mass is 603 g/mol. The number of amides is 3. The lowest BCUT2D eigenvalue weighted by Gasteiger charge is -2.28. The fraction of sp³-hybridized carbons (Fsp3) is 0.226. The highest BCUT2D eigenvalue weighted by atomic mass is 32.2. The zero-order chi connectivity index (χ0) is 30.3. The second kappa shape index (κ2) is 13.4. The van der Waals surface area contributed by atoms with Crippen LogP contribution in [0, 0.1) is 0 Å². The second-order valence-corrected chi connectivity index (χ2v) is 10.7. The highest BCUT2D eigenvalue weighted by Crippen LogP contribution is 2.35. The van der Waals surface area contributed by atoms with Gasteiger partial charge in [-0.05, 0) is 77.5 Å². The first-order chi connectivity index (χ1) is 20.8. The maximum atomic E-state index is 13.0. The van der Waals surface area contributed by atoms with Gasteiger partial charge in [0.25, 0.3) is 11.1 Å². The Labute approximate surface area is 252 Å². The predicted molar refractivity (Wildman–Crippen MR) is 162 cm³/mol. The molecule has 2 aliphatic heterocycles. The molecule has 2 heterocycles. The van der Waals surface area contributed by atoms with Crippen molar-refractivity contribution >= 4 is 52.2 Å². The van der Waals surface area contributed by atoms with Crippen LogP contribution in [0.15, 0.2) is 71.6 Å². The summed E-state index contributed by atoms with van der Waals surface area (Å²) in [6.07, 6.45) is 1.56. The molecule has 5 rings (SSSR count). The minimum absolute atomic E-state index is 0.182. The van der Waals surface area contributed by atoms with E-state index in [0.717, 1.165) is 41.0 Å². The molecule has 0 saturated carbocycles. The molecule has 2 fully saturated rings. The molecule has 11 nitrogen and oxygen atoms in total. The van der Waals surface area contributed by atoms with Crippen LogP contribution in [0.1, 0.15) is 21.5 Å². The molecule has 2 saturated heterocycles. The van der Waals surface area contributed by atoms with Crippen molar-refractivity contribution in [1.29, 1.82) is 0 Å². The lowest BCUT2D eigenvalue weighted by atomic mass is 10.1. The van der Waals surface area contributed by atoms with E-state index in [0.29, 0.717) is 36.0 Å². The molecule has 3 amide bonds. The maximum Gasteiger partial charge on any atom is 0.335 e. The molecule has 43 heavy (non-hydrogen) atoms. The molecule has 0 aromatic heterocycles. The van der Waals surface area contributed by atoms with E-state index < -0.39 is 29.6 Å². The molecule has 3 aromatic rings. The molecule has 0 aliphatic carbocycles. The highest BCUT2D eigenvalue weighted by Gasteiger charge is 2.36. The molecule has 222 valence electrons. The van der Waals surface area contributed by atoms with Gasteiger partial charge in [0.15, 0.2) is 11.5 Å². The number of carboxylic acid groups (broad SMARTS) is 1. The number of rotatable bonds is 10. The Kier molecular flexibility index (Phi) is 9.28. The van der Waals surface area contributed by atoms with Crippen molar-refractivity contribution in [2.75, 3.05) is 50.2 Å². The van der Waals surface area contributed by atoms with E-state index in [1.807, 2.05) is 12.1 Å². The van der Waals surface area contributed by atoms with Gasteiger partial charge < -0.3 is 29.5 Å². The van der Waals surface area contributed by atoms with Gasteiger partial charge in [-0.1, -0.05) is 18.2 Å². The summed E-state index contributed by atoms with van der Waals surface area (Å²) in [4.78, 5) is 52.6. The molecule has 0 radical (unpaired) electrons. The van der Waals surface area contributed by atoms with Crippen LogP contribution in [0.25, 0.3) is 6.08 Å². The van der Waals surface area contributed by atoms with Crippen molar-refractivity contribution in [3.8, 4) is 11.5 Å². The van der Waals surface area contributed by atoms with Crippen molar-refractivity contribution in [2.24, 2.45) is 0 Å². The number of thioether (sulfide) groups is 1. The van der Waals surface area contributed by atoms with E-state index in [2.05, 4.69) is 10.2 Å². The summed E-state index contributed by atoms with van der Waals surface area (Å²) >= 11 is 0.760. The molecule has 0 bridgehead atoms. The quantitative estimate of drug-likeness (QED) is 0.319. The number of hydrogen-bond acceptors (Lipinski definition) is 9. The van der Waals surface area contributed by atoms with Gasteiger partial charge in [0.2, 0.25) is 5.91 Å². The number of carbonyl (C=O) groups is 4. The average molecular weight is 604 g/mol. The third-order valence-electron chi connectivity index (χ3n) is 6.78. The van der Waals surface area contributed by atoms with Crippen LogP contribution >= 0.6 is 11.8 Å². The van der Waals surface area contributed by atoms with E-state index in [4.69, 9.17) is 19.3 Å². The molecule has 0 unspecified atom stereocenters. The summed E-state index contributed by atoms with van der Waals surface area (Å²) in [6.45, 7) is 2.73. The van der Waals surface area contributed by atoms with Crippen molar-refractivity contribution < 1.29 is 38.5 Å². The number of carboxylic acids is 1. The van der Waals surface area contributed by atoms with Crippen LogP contribution in [-0.4, -0.2) is 73.0 Å². The van der Waals surface area contributed by atoms with Crippen molar-refractivity contribution in [2.45, 2.75) is 6.61 Å². The fourth-order valence-corrected chi connectivity index (χ4v) is 5.35. The standard InChI is InChI=1S/C31H29N3O8S/c1-40-26-16-21(4-11-25(26)42-19-20-2-5-22(6-3-20)30(37)38)17-27-29(36)34(31(39)43-27)18-28(35)32-23-7-9-24(10-8-23)33-12-14-41-15-13-33/h2-11,16-17H,12-15,18-19H2,1H3,(H,32,35)(H,37,38)/b27-17-. The predicted octanol–water partition coefficient (Wildman–Crippen LogP) is 4.48. The number of imide groups is 1. The van der Waals surface area contributed by atoms with Crippen LogP contribution in [0.5, 0.6) is 11.5 Å². The number of hydrogen-bond donors (Lipinski definition) is 2. The third kappa shape index (κ3) is 7.34. The number of morpholine rings is 1. The summed E-state index contributed by atoms with van der Waals surface area (Å²) < 4.78 is 16.7. The third-order valence-corrected chi connectivity index (χ3v) is 7.69. The first-order valence-corrected chi connectivity index (χ1v) is 14.2. The average Bonchev–Trinajstić information content (AvgIpc) is 3.28. The molecule has 2 aliphatic rings. The summed E-state index contributed by atoms with van der Waals surface area (Å²) in [5.41, 5.74) is 3.16. The first kappa shape index (κ1) is 29.7. The van der Waals surface area contributed by atoms with Crippen LogP contribution in [0.2, 0.25) is 0 Å². The maximum absolute atomic E-state index is 13.0. The summed E-state index contributed by atoms with van der Waals surface area (Å²) in [7, 11) is 1.48. The van der Waals surface area contributed by atoms with Gasteiger partial charge in [-0.3, -0.25) is 19.3 Å². The van der Waals surface area contributed by atoms with Crippen molar-refractivity contribution in [3.63, 3.8) is 0 Å². The van der Waals surface area contributed by atoms with E-state index in [9.17, 15) is 19.2 Å². The Bertz CT molecular complexity index is 1550. The van der Waals surface area contributed by atoms with E-state index in [-0.39, 0.29) is 17.1 Å². The lowest BCUT2D eigenvalue weighted by Crippen LogP contribution is -2.36. The Morgan fingerprint density at radius 3 is 2.40 bits per heavy atom. The molecular weight excluding hydrogens is 574 g/mol. The molecule has 3 aromatic carbocycles. The van der Waals surface area contributed by atoms with Gasteiger partial charge in [0.05, 0.1) is 30.8 Å². The fourth-order valence-electron chi connectivity index (χ4n) is 4.51. The lowest BCUT2D eigenvalue weighted by molar-refractivity contribution is -0.127.